The van der Waals surface area contributed by atoms with Crippen molar-refractivity contribution in [1.82, 2.24) is 5.32 Å². The first-order chi connectivity index (χ1) is 21.8. The highest BCUT2D eigenvalue weighted by Crippen LogP contribution is 2.63. The molecule has 47 heavy (non-hydrogen) atoms. The maximum absolute atomic E-state index is 11.7. The molecule has 0 aromatic rings. The molecule has 9 heteroatoms. The molecule has 12 unspecified atom stereocenters. The van der Waals surface area contributed by atoms with Crippen molar-refractivity contribution in [3.8, 4) is 0 Å². The molecule has 3 aliphatic carbocycles. The number of amides is 1. The number of carbonyl (C=O) groups excluding carboxylic acids is 1. The first-order valence-electron chi connectivity index (χ1n) is 17.6. The van der Waals surface area contributed by atoms with Gasteiger partial charge in [-0.25, -0.2) is 0 Å². The number of fused-ring (bicyclic) bond motifs is 1. The molecule has 266 valence electrons. The topological polar surface area (TPSA) is 146 Å². The molecule has 4 aliphatic rings. The number of aliphatic carboxylic acids is 1. The molecule has 1 saturated heterocycles. The highest BCUT2D eigenvalue weighted by atomic mass is 16.6. The summed E-state index contributed by atoms with van der Waals surface area (Å²) in [5.41, 5.74) is 3.47. The molecule has 4 rings (SSSR count). The van der Waals surface area contributed by atoms with E-state index < -0.39 is 42.5 Å². The Bertz CT molecular complexity index is 1230. The van der Waals surface area contributed by atoms with E-state index in [2.05, 4.69) is 66.1 Å². The van der Waals surface area contributed by atoms with Gasteiger partial charge in [-0.05, 0) is 105 Å². The minimum atomic E-state index is -1.46. The quantitative estimate of drug-likeness (QED) is 0.182. The van der Waals surface area contributed by atoms with Gasteiger partial charge in [-0.2, -0.15) is 0 Å². The molecular formula is C38H61NO8. The standard InChI is InChI=1S/C38H61NO8/c1-21(2)25-12-10-22(3)26(37(25,8)19-17-31(41)42)13-14-27-23(4)11-15-29-36(6,7)30(16-18-38(27,29)9)46-20-28-33(43)34(44)32(35(45)47-28)39-24(5)40/h10,25-30,32-35,43-45H,1,4,11-20H2,2-3,5-9H3,(H,39,40)(H,41,42). The van der Waals surface area contributed by atoms with Crippen LogP contribution in [0.3, 0.4) is 0 Å². The molecule has 1 aliphatic heterocycles. The van der Waals surface area contributed by atoms with Crippen LogP contribution in [-0.2, 0) is 19.1 Å². The van der Waals surface area contributed by atoms with Crippen LogP contribution >= 0.6 is 0 Å². The van der Waals surface area contributed by atoms with Crippen LogP contribution in [0, 0.1) is 39.9 Å². The number of carboxylic acids is 1. The highest BCUT2D eigenvalue weighted by Gasteiger charge is 2.57. The number of carbonyl (C=O) groups is 2. The third kappa shape index (κ3) is 7.45. The number of carboxylic acid groups (broad SMARTS) is 1. The van der Waals surface area contributed by atoms with Crippen LogP contribution in [0.5, 0.6) is 0 Å². The van der Waals surface area contributed by atoms with Gasteiger partial charge in [0.15, 0.2) is 6.29 Å². The summed E-state index contributed by atoms with van der Waals surface area (Å²) < 4.78 is 12.1. The zero-order valence-corrected chi connectivity index (χ0v) is 29.8. The van der Waals surface area contributed by atoms with E-state index in [0.717, 1.165) is 50.5 Å². The highest BCUT2D eigenvalue weighted by molar-refractivity contribution is 5.73. The smallest absolute Gasteiger partial charge is 0.303 e. The van der Waals surface area contributed by atoms with Crippen LogP contribution < -0.4 is 5.32 Å². The Labute approximate surface area is 281 Å². The molecule has 2 saturated carbocycles. The van der Waals surface area contributed by atoms with Crippen LogP contribution in [0.15, 0.2) is 36.0 Å². The molecule has 1 amide bonds. The van der Waals surface area contributed by atoms with E-state index in [1.807, 2.05) is 0 Å². The van der Waals surface area contributed by atoms with Crippen LogP contribution in [0.25, 0.3) is 0 Å². The molecule has 12 atom stereocenters. The van der Waals surface area contributed by atoms with Crippen molar-refractivity contribution in [3.63, 3.8) is 0 Å². The van der Waals surface area contributed by atoms with E-state index >= 15 is 0 Å². The predicted molar refractivity (Wildman–Crippen MR) is 181 cm³/mol. The Morgan fingerprint density at radius 2 is 1.72 bits per heavy atom. The van der Waals surface area contributed by atoms with Gasteiger partial charge in [0.05, 0.1) is 12.7 Å². The second-order valence-corrected chi connectivity index (χ2v) is 16.4. The Morgan fingerprint density at radius 3 is 2.34 bits per heavy atom. The lowest BCUT2D eigenvalue weighted by Gasteiger charge is -2.60. The lowest BCUT2D eigenvalue weighted by Crippen LogP contribution is -2.64. The zero-order valence-electron chi connectivity index (χ0n) is 29.8. The molecular weight excluding hydrogens is 598 g/mol. The fourth-order valence-corrected chi connectivity index (χ4v) is 10.5. The number of aliphatic hydroxyl groups is 3. The normalized spacial score (nSPS) is 41.8. The van der Waals surface area contributed by atoms with Crippen molar-refractivity contribution in [3.05, 3.63) is 36.0 Å². The van der Waals surface area contributed by atoms with Gasteiger partial charge in [-0.1, -0.05) is 63.6 Å². The van der Waals surface area contributed by atoms with Crippen molar-refractivity contribution in [1.29, 1.82) is 0 Å². The van der Waals surface area contributed by atoms with Gasteiger partial charge in [0, 0.05) is 13.3 Å². The summed E-state index contributed by atoms with van der Waals surface area (Å²) in [6, 6.07) is -1.12. The van der Waals surface area contributed by atoms with Crippen molar-refractivity contribution >= 4 is 11.9 Å². The van der Waals surface area contributed by atoms with Gasteiger partial charge in [0.1, 0.15) is 24.4 Å². The summed E-state index contributed by atoms with van der Waals surface area (Å²) in [7, 11) is 0. The average molecular weight is 660 g/mol. The van der Waals surface area contributed by atoms with Gasteiger partial charge in [-0.3, -0.25) is 9.59 Å². The molecule has 0 aromatic carbocycles. The average Bonchev–Trinajstić information content (AvgIpc) is 2.96. The van der Waals surface area contributed by atoms with Crippen LogP contribution in [0.2, 0.25) is 0 Å². The van der Waals surface area contributed by atoms with Gasteiger partial charge >= 0.3 is 5.97 Å². The molecule has 5 N–H and O–H groups in total. The van der Waals surface area contributed by atoms with Gasteiger partial charge < -0.3 is 35.2 Å². The third-order valence-electron chi connectivity index (χ3n) is 13.1. The predicted octanol–water partition coefficient (Wildman–Crippen LogP) is 5.53. The number of aliphatic hydroxyl groups excluding tert-OH is 3. The summed E-state index contributed by atoms with van der Waals surface area (Å²) in [6.07, 6.45) is 4.60. The van der Waals surface area contributed by atoms with Gasteiger partial charge in [0.25, 0.3) is 0 Å². The molecule has 3 fully saturated rings. The summed E-state index contributed by atoms with van der Waals surface area (Å²) >= 11 is 0. The van der Waals surface area contributed by atoms with E-state index in [1.54, 1.807) is 0 Å². The Morgan fingerprint density at radius 1 is 1.06 bits per heavy atom. The van der Waals surface area contributed by atoms with Crippen LogP contribution in [0.4, 0.5) is 0 Å². The number of ether oxygens (including phenoxy) is 2. The van der Waals surface area contributed by atoms with Crippen LogP contribution in [0.1, 0.15) is 106 Å². The number of hydrogen-bond acceptors (Lipinski definition) is 7. The Balaban J connectivity index is 1.47. The van der Waals surface area contributed by atoms with Crippen molar-refractivity contribution < 1.29 is 39.5 Å². The fourth-order valence-electron chi connectivity index (χ4n) is 10.5. The lowest BCUT2D eigenvalue weighted by molar-refractivity contribution is -0.265. The first kappa shape index (κ1) is 37.8. The lowest BCUT2D eigenvalue weighted by atomic mass is 9.46. The van der Waals surface area contributed by atoms with Crippen molar-refractivity contribution in [2.45, 2.75) is 143 Å². The largest absolute Gasteiger partial charge is 0.481 e. The monoisotopic (exact) mass is 659 g/mol. The maximum Gasteiger partial charge on any atom is 0.303 e. The molecule has 1 heterocycles. The number of hydrogen-bond donors (Lipinski definition) is 5. The summed E-state index contributed by atoms with van der Waals surface area (Å²) in [5, 5.41) is 43.9. The number of rotatable bonds is 11. The maximum atomic E-state index is 11.7. The minimum absolute atomic E-state index is 0.0157. The molecule has 0 radical (unpaired) electrons. The summed E-state index contributed by atoms with van der Waals surface area (Å²) in [4.78, 5) is 23.2. The summed E-state index contributed by atoms with van der Waals surface area (Å²) in [5.74, 6) is 0.0486. The summed E-state index contributed by atoms with van der Waals surface area (Å²) in [6.45, 7) is 23.8. The SMILES string of the molecule is C=C(C)C1CC=C(C)C(CCC2C(=C)CCC3C(C)(C)C(OCC4OC(O)C(NC(C)=O)C(O)C4O)CCC23C)C1(C)CCC(=O)O. The van der Waals surface area contributed by atoms with E-state index in [0.29, 0.717) is 18.3 Å². The second kappa shape index (κ2) is 14.4. The minimum Gasteiger partial charge on any atom is -0.481 e. The zero-order chi connectivity index (χ0) is 35.1. The Kier molecular flexibility index (Phi) is 11.6. The number of nitrogens with one attached hydrogen (secondary N) is 1. The second-order valence-electron chi connectivity index (χ2n) is 16.4. The van der Waals surface area contributed by atoms with E-state index in [4.69, 9.17) is 9.47 Å². The van der Waals surface area contributed by atoms with Crippen molar-refractivity contribution in [2.75, 3.05) is 6.61 Å². The van der Waals surface area contributed by atoms with E-state index in [1.165, 1.54) is 18.1 Å². The van der Waals surface area contributed by atoms with Gasteiger partial charge in [-0.15, -0.1) is 0 Å². The first-order valence-corrected chi connectivity index (χ1v) is 17.6. The molecule has 9 nitrogen and oxygen atoms in total. The van der Waals surface area contributed by atoms with E-state index in [9.17, 15) is 30.0 Å². The third-order valence-corrected chi connectivity index (χ3v) is 13.1. The number of allylic oxidation sites excluding steroid dienone is 4. The molecule has 0 aromatic heterocycles. The molecule has 0 spiro atoms. The van der Waals surface area contributed by atoms with Crippen molar-refractivity contribution in [2.24, 2.45) is 39.9 Å². The molecule has 0 bridgehead atoms. The van der Waals surface area contributed by atoms with Gasteiger partial charge in [0.2, 0.25) is 5.91 Å². The Hall–Kier alpha value is -2.04. The van der Waals surface area contributed by atoms with E-state index in [-0.39, 0.29) is 47.2 Å². The van der Waals surface area contributed by atoms with Crippen LogP contribution in [-0.4, -0.2) is 75.7 Å². The fraction of sp³-hybridized carbons (Fsp3) is 0.789.